The van der Waals surface area contributed by atoms with Crippen molar-refractivity contribution in [1.29, 1.82) is 0 Å². The monoisotopic (exact) mass is 271 g/mol. The van der Waals surface area contributed by atoms with Gasteiger partial charge in [0.05, 0.1) is 10.8 Å². The third-order valence-electron chi connectivity index (χ3n) is 3.37. The molecule has 3 unspecified atom stereocenters. The summed E-state index contributed by atoms with van der Waals surface area (Å²) in [4.78, 5) is 0.860. The van der Waals surface area contributed by atoms with Gasteiger partial charge in [-0.15, -0.1) is 0 Å². The van der Waals surface area contributed by atoms with Crippen molar-refractivity contribution in [1.82, 2.24) is 5.32 Å². The first kappa shape index (κ1) is 13.1. The minimum absolute atomic E-state index is 0.264. The van der Waals surface area contributed by atoms with E-state index >= 15 is 0 Å². The first-order chi connectivity index (χ1) is 8.20. The summed E-state index contributed by atoms with van der Waals surface area (Å²) in [6, 6.07) is 7.93. The molecule has 0 saturated heterocycles. The number of benzene rings is 1. The molecule has 3 atom stereocenters. The van der Waals surface area contributed by atoms with E-state index in [1.807, 2.05) is 31.3 Å². The van der Waals surface area contributed by atoms with E-state index < -0.39 is 10.8 Å². The molecule has 1 aromatic rings. The smallest absolute Gasteiger partial charge is 0.0561 e. The van der Waals surface area contributed by atoms with Crippen LogP contribution in [0.4, 0.5) is 0 Å². The summed E-state index contributed by atoms with van der Waals surface area (Å²) in [7, 11) is 1.05. The van der Waals surface area contributed by atoms with Gasteiger partial charge in [0.25, 0.3) is 0 Å². The number of nitrogens with one attached hydrogen (secondary N) is 1. The van der Waals surface area contributed by atoms with Crippen LogP contribution >= 0.6 is 11.6 Å². The second kappa shape index (κ2) is 5.98. The molecule has 1 aliphatic carbocycles. The molecule has 1 aliphatic rings. The van der Waals surface area contributed by atoms with Gasteiger partial charge in [-0.3, -0.25) is 4.21 Å². The minimum Gasteiger partial charge on any atom is -0.317 e. The standard InChI is InChI=1S/C13H18ClNOS/c1-15-11-5-3-7-13(9-11)17(16)12-6-2-4-10(14)8-12/h2,4,6,8,11,13,15H,3,5,7,9H2,1H3. The maximum absolute atomic E-state index is 12.4. The lowest BCUT2D eigenvalue weighted by Gasteiger charge is -2.28. The van der Waals surface area contributed by atoms with Crippen molar-refractivity contribution in [3.8, 4) is 0 Å². The normalized spacial score (nSPS) is 26.7. The predicted molar refractivity (Wildman–Crippen MR) is 73.0 cm³/mol. The molecule has 0 spiro atoms. The van der Waals surface area contributed by atoms with Crippen LogP contribution in [-0.2, 0) is 10.8 Å². The van der Waals surface area contributed by atoms with E-state index in [1.165, 1.54) is 6.42 Å². The van der Waals surface area contributed by atoms with Crippen molar-refractivity contribution in [3.63, 3.8) is 0 Å². The molecule has 0 radical (unpaired) electrons. The lowest BCUT2D eigenvalue weighted by Crippen LogP contribution is -2.35. The van der Waals surface area contributed by atoms with Crippen LogP contribution in [0.1, 0.15) is 25.7 Å². The maximum atomic E-state index is 12.4. The molecule has 1 aromatic carbocycles. The molecule has 4 heteroatoms. The van der Waals surface area contributed by atoms with Gasteiger partial charge < -0.3 is 5.32 Å². The third kappa shape index (κ3) is 3.30. The third-order valence-corrected chi connectivity index (χ3v) is 5.35. The van der Waals surface area contributed by atoms with E-state index in [2.05, 4.69) is 5.32 Å². The Kier molecular flexibility index (Phi) is 4.60. The zero-order valence-electron chi connectivity index (χ0n) is 9.99. The second-order valence-electron chi connectivity index (χ2n) is 4.53. The van der Waals surface area contributed by atoms with Crippen LogP contribution < -0.4 is 5.32 Å². The van der Waals surface area contributed by atoms with E-state index in [9.17, 15) is 4.21 Å². The highest BCUT2D eigenvalue weighted by Gasteiger charge is 2.26. The summed E-state index contributed by atoms with van der Waals surface area (Å²) in [6.07, 6.45) is 4.40. The Bertz CT molecular complexity index is 410. The molecule has 0 aliphatic heterocycles. The van der Waals surface area contributed by atoms with Crippen molar-refractivity contribution in [2.75, 3.05) is 7.05 Å². The fourth-order valence-corrected chi connectivity index (χ4v) is 4.27. The number of hydrogen-bond acceptors (Lipinski definition) is 2. The molecule has 94 valence electrons. The lowest BCUT2D eigenvalue weighted by molar-refractivity contribution is 0.398. The van der Waals surface area contributed by atoms with Gasteiger partial charge in [0.2, 0.25) is 0 Å². The largest absolute Gasteiger partial charge is 0.317 e. The van der Waals surface area contributed by atoms with Crippen LogP contribution in [0, 0.1) is 0 Å². The molecule has 1 saturated carbocycles. The Labute approximate surface area is 110 Å². The Balaban J connectivity index is 2.09. The summed E-state index contributed by atoms with van der Waals surface area (Å²) in [5.74, 6) is 0. The Morgan fingerprint density at radius 2 is 2.24 bits per heavy atom. The fraction of sp³-hybridized carbons (Fsp3) is 0.538. The van der Waals surface area contributed by atoms with Gasteiger partial charge in [0, 0.05) is 21.2 Å². The molecule has 1 fully saturated rings. The first-order valence-corrected chi connectivity index (χ1v) is 7.63. The van der Waals surface area contributed by atoms with Crippen LogP contribution in [0.3, 0.4) is 0 Å². The summed E-state index contributed by atoms with van der Waals surface area (Å²) < 4.78 is 12.4. The van der Waals surface area contributed by atoms with Crippen LogP contribution in [-0.4, -0.2) is 22.5 Å². The van der Waals surface area contributed by atoms with E-state index in [-0.39, 0.29) is 5.25 Å². The van der Waals surface area contributed by atoms with Crippen LogP contribution in [0.25, 0.3) is 0 Å². The topological polar surface area (TPSA) is 29.1 Å². The van der Waals surface area contributed by atoms with Crippen molar-refractivity contribution < 1.29 is 4.21 Å². The number of rotatable bonds is 3. The molecular weight excluding hydrogens is 254 g/mol. The zero-order chi connectivity index (χ0) is 12.3. The van der Waals surface area contributed by atoms with Gasteiger partial charge in [-0.05, 0) is 44.5 Å². The molecule has 0 bridgehead atoms. The SMILES string of the molecule is CNC1CCCC(S(=O)c2cccc(Cl)c2)C1. The Morgan fingerprint density at radius 1 is 1.41 bits per heavy atom. The summed E-state index contributed by atoms with van der Waals surface area (Å²) >= 11 is 5.94. The molecule has 17 heavy (non-hydrogen) atoms. The fourth-order valence-electron chi connectivity index (χ4n) is 2.39. The molecular formula is C13H18ClNOS. The van der Waals surface area contributed by atoms with Gasteiger partial charge in [-0.2, -0.15) is 0 Å². The first-order valence-electron chi connectivity index (χ1n) is 6.04. The zero-order valence-corrected chi connectivity index (χ0v) is 11.6. The molecule has 0 amide bonds. The van der Waals surface area contributed by atoms with Gasteiger partial charge in [0.1, 0.15) is 0 Å². The maximum Gasteiger partial charge on any atom is 0.0561 e. The molecule has 0 aromatic heterocycles. The molecule has 2 nitrogen and oxygen atoms in total. The number of hydrogen-bond donors (Lipinski definition) is 1. The van der Waals surface area contributed by atoms with Gasteiger partial charge >= 0.3 is 0 Å². The average Bonchev–Trinajstić information content (AvgIpc) is 2.38. The van der Waals surface area contributed by atoms with Crippen LogP contribution in [0.5, 0.6) is 0 Å². The minimum atomic E-state index is -0.927. The number of halogens is 1. The highest BCUT2D eigenvalue weighted by atomic mass is 35.5. The van der Waals surface area contributed by atoms with E-state index in [0.717, 1.165) is 24.2 Å². The summed E-state index contributed by atoms with van der Waals surface area (Å²) in [5.41, 5.74) is 0. The highest BCUT2D eigenvalue weighted by molar-refractivity contribution is 7.85. The lowest BCUT2D eigenvalue weighted by atomic mass is 9.95. The van der Waals surface area contributed by atoms with Crippen molar-refractivity contribution in [2.24, 2.45) is 0 Å². The van der Waals surface area contributed by atoms with E-state index in [0.29, 0.717) is 11.1 Å². The van der Waals surface area contributed by atoms with Crippen LogP contribution in [0.2, 0.25) is 5.02 Å². The highest BCUT2D eigenvalue weighted by Crippen LogP contribution is 2.27. The van der Waals surface area contributed by atoms with E-state index in [4.69, 9.17) is 11.6 Å². The van der Waals surface area contributed by atoms with Crippen LogP contribution in [0.15, 0.2) is 29.2 Å². The van der Waals surface area contributed by atoms with E-state index in [1.54, 1.807) is 0 Å². The average molecular weight is 272 g/mol. The second-order valence-corrected chi connectivity index (χ2v) is 6.70. The Hall–Kier alpha value is -0.380. The quantitative estimate of drug-likeness (QED) is 0.916. The van der Waals surface area contributed by atoms with Gasteiger partial charge in [0.15, 0.2) is 0 Å². The predicted octanol–water partition coefficient (Wildman–Crippen LogP) is 2.98. The van der Waals surface area contributed by atoms with Gasteiger partial charge in [-0.1, -0.05) is 24.1 Å². The van der Waals surface area contributed by atoms with Crippen molar-refractivity contribution >= 4 is 22.4 Å². The molecule has 0 heterocycles. The van der Waals surface area contributed by atoms with Crippen molar-refractivity contribution in [2.45, 2.75) is 41.9 Å². The summed E-state index contributed by atoms with van der Waals surface area (Å²) in [5, 5.41) is 4.22. The summed E-state index contributed by atoms with van der Waals surface area (Å²) in [6.45, 7) is 0. The molecule has 1 N–H and O–H groups in total. The Morgan fingerprint density at radius 3 is 2.94 bits per heavy atom. The van der Waals surface area contributed by atoms with Gasteiger partial charge in [-0.25, -0.2) is 0 Å². The molecule has 2 rings (SSSR count). The van der Waals surface area contributed by atoms with Crippen molar-refractivity contribution in [3.05, 3.63) is 29.3 Å².